The van der Waals surface area contributed by atoms with Crippen LogP contribution in [0.25, 0.3) is 0 Å². The van der Waals surface area contributed by atoms with Gasteiger partial charge in [-0.25, -0.2) is 0 Å². The van der Waals surface area contributed by atoms with Gasteiger partial charge in [0.05, 0.1) is 6.10 Å². The van der Waals surface area contributed by atoms with Crippen molar-refractivity contribution in [1.29, 1.82) is 0 Å². The van der Waals surface area contributed by atoms with Gasteiger partial charge in [0.15, 0.2) is 0 Å². The van der Waals surface area contributed by atoms with Crippen molar-refractivity contribution in [2.45, 2.75) is 45.1 Å². The summed E-state index contributed by atoms with van der Waals surface area (Å²) in [5.74, 6) is 0.383. The summed E-state index contributed by atoms with van der Waals surface area (Å²) in [4.78, 5) is 0. The van der Waals surface area contributed by atoms with Crippen molar-refractivity contribution in [1.82, 2.24) is 0 Å². The summed E-state index contributed by atoms with van der Waals surface area (Å²) in [6, 6.07) is 6.61. The van der Waals surface area contributed by atoms with Crippen LogP contribution in [0.4, 0.5) is 0 Å². The summed E-state index contributed by atoms with van der Waals surface area (Å²) in [5, 5.41) is 9.82. The highest BCUT2D eigenvalue weighted by molar-refractivity contribution is 5.32. The highest BCUT2D eigenvalue weighted by Crippen LogP contribution is 2.35. The van der Waals surface area contributed by atoms with Crippen molar-refractivity contribution >= 4 is 0 Å². The van der Waals surface area contributed by atoms with Crippen molar-refractivity contribution in [3.05, 3.63) is 34.9 Å². The van der Waals surface area contributed by atoms with E-state index in [0.29, 0.717) is 5.92 Å². The number of benzene rings is 1. The number of aryl methyl sites for hydroxylation is 2. The summed E-state index contributed by atoms with van der Waals surface area (Å²) < 4.78 is 0. The van der Waals surface area contributed by atoms with Crippen LogP contribution in [0.2, 0.25) is 0 Å². The molecule has 0 radical (unpaired) electrons. The minimum Gasteiger partial charge on any atom is -0.392 e. The van der Waals surface area contributed by atoms with Crippen LogP contribution in [0.1, 0.15) is 41.9 Å². The zero-order valence-corrected chi connectivity index (χ0v) is 8.96. The van der Waals surface area contributed by atoms with E-state index < -0.39 is 0 Å². The van der Waals surface area contributed by atoms with Gasteiger partial charge in [-0.3, -0.25) is 0 Å². The summed E-state index contributed by atoms with van der Waals surface area (Å²) in [7, 11) is 0. The van der Waals surface area contributed by atoms with E-state index in [4.69, 9.17) is 0 Å². The Morgan fingerprint density at radius 1 is 1.07 bits per heavy atom. The molecule has 0 aromatic heterocycles. The van der Waals surface area contributed by atoms with Crippen LogP contribution in [0.15, 0.2) is 18.2 Å². The van der Waals surface area contributed by atoms with Crippen LogP contribution < -0.4 is 0 Å². The third-order valence-corrected chi connectivity index (χ3v) is 3.15. The highest BCUT2D eigenvalue weighted by atomic mass is 16.3. The quantitative estimate of drug-likeness (QED) is 0.722. The molecule has 1 nitrogen and oxygen atoms in total. The average molecular weight is 190 g/mol. The summed E-state index contributed by atoms with van der Waals surface area (Å²) in [6.07, 6.45) is 3.16. The van der Waals surface area contributed by atoms with Crippen LogP contribution in [-0.2, 0) is 0 Å². The Hall–Kier alpha value is -0.820. The van der Waals surface area contributed by atoms with Gasteiger partial charge in [-0.15, -0.1) is 0 Å². The van der Waals surface area contributed by atoms with E-state index in [1.54, 1.807) is 0 Å². The maximum atomic E-state index is 9.82. The van der Waals surface area contributed by atoms with Gasteiger partial charge in [0.1, 0.15) is 0 Å². The van der Waals surface area contributed by atoms with Crippen molar-refractivity contribution < 1.29 is 5.11 Å². The minimum atomic E-state index is -0.115. The second-order valence-electron chi connectivity index (χ2n) is 4.53. The largest absolute Gasteiger partial charge is 0.392 e. The zero-order chi connectivity index (χ0) is 10.1. The van der Waals surface area contributed by atoms with E-state index in [9.17, 15) is 5.11 Å². The van der Waals surface area contributed by atoms with Gasteiger partial charge in [0.2, 0.25) is 0 Å². The van der Waals surface area contributed by atoms with Gasteiger partial charge in [-0.2, -0.15) is 0 Å². The molecular weight excluding hydrogens is 172 g/mol. The first-order chi connectivity index (χ1) is 6.66. The maximum absolute atomic E-state index is 9.82. The fourth-order valence-electron chi connectivity index (χ4n) is 2.55. The van der Waals surface area contributed by atoms with Crippen molar-refractivity contribution in [2.24, 2.45) is 0 Å². The molecule has 1 aliphatic rings. The topological polar surface area (TPSA) is 20.2 Å². The Morgan fingerprint density at radius 3 is 2.21 bits per heavy atom. The first kappa shape index (κ1) is 9.72. The van der Waals surface area contributed by atoms with Crippen molar-refractivity contribution in [2.75, 3.05) is 0 Å². The third-order valence-electron chi connectivity index (χ3n) is 3.15. The first-order valence-corrected chi connectivity index (χ1v) is 5.43. The fourth-order valence-corrected chi connectivity index (χ4v) is 2.55. The van der Waals surface area contributed by atoms with E-state index in [1.165, 1.54) is 23.1 Å². The number of aliphatic hydroxyl groups is 1. The van der Waals surface area contributed by atoms with Gasteiger partial charge in [-0.05, 0) is 32.3 Å². The smallest absolute Gasteiger partial charge is 0.0608 e. The Morgan fingerprint density at radius 2 is 1.71 bits per heavy atom. The van der Waals surface area contributed by atoms with Crippen LogP contribution in [0.5, 0.6) is 0 Å². The Kier molecular flexibility index (Phi) is 2.60. The van der Waals surface area contributed by atoms with Gasteiger partial charge < -0.3 is 5.11 Å². The van der Waals surface area contributed by atoms with E-state index in [-0.39, 0.29) is 6.10 Å². The average Bonchev–Trinajstić information content (AvgIpc) is 2.49. The molecule has 1 aromatic rings. The molecule has 1 saturated carbocycles. The fraction of sp³-hybridized carbons (Fsp3) is 0.538. The molecule has 0 spiro atoms. The SMILES string of the molecule is Cc1cc(C)cc([C@H]2CCC[C@H]2O)c1. The molecule has 14 heavy (non-hydrogen) atoms. The second kappa shape index (κ2) is 3.74. The predicted octanol–water partition coefficient (Wildman–Crippen LogP) is 2.93. The van der Waals surface area contributed by atoms with Crippen molar-refractivity contribution in [3.8, 4) is 0 Å². The molecule has 0 heterocycles. The Balaban J connectivity index is 2.31. The summed E-state index contributed by atoms with van der Waals surface area (Å²) >= 11 is 0. The number of hydrogen-bond donors (Lipinski definition) is 1. The van der Waals surface area contributed by atoms with E-state index in [2.05, 4.69) is 32.0 Å². The number of aliphatic hydroxyl groups excluding tert-OH is 1. The molecule has 2 atom stereocenters. The van der Waals surface area contributed by atoms with E-state index in [1.807, 2.05) is 0 Å². The molecule has 0 aliphatic heterocycles. The second-order valence-corrected chi connectivity index (χ2v) is 4.53. The Labute approximate surface area is 85.8 Å². The monoisotopic (exact) mass is 190 g/mol. The molecule has 0 amide bonds. The first-order valence-electron chi connectivity index (χ1n) is 5.43. The molecular formula is C13H18O. The van der Waals surface area contributed by atoms with Crippen LogP contribution in [0, 0.1) is 13.8 Å². The molecule has 0 saturated heterocycles. The standard InChI is InChI=1S/C13H18O/c1-9-6-10(2)8-11(7-9)12-4-3-5-13(12)14/h6-8,12-14H,3-5H2,1-2H3/t12-,13-/m1/s1. The molecule has 1 N–H and O–H groups in total. The van der Waals surface area contributed by atoms with Gasteiger partial charge in [0, 0.05) is 5.92 Å². The maximum Gasteiger partial charge on any atom is 0.0608 e. The predicted molar refractivity (Wildman–Crippen MR) is 58.5 cm³/mol. The van der Waals surface area contributed by atoms with Crippen LogP contribution in [-0.4, -0.2) is 11.2 Å². The Bertz CT molecular complexity index is 310. The highest BCUT2D eigenvalue weighted by Gasteiger charge is 2.26. The molecule has 1 aliphatic carbocycles. The molecule has 1 fully saturated rings. The minimum absolute atomic E-state index is 0.115. The molecule has 2 rings (SSSR count). The molecule has 0 bridgehead atoms. The lowest BCUT2D eigenvalue weighted by Crippen LogP contribution is -2.11. The zero-order valence-electron chi connectivity index (χ0n) is 8.96. The summed E-state index contributed by atoms with van der Waals surface area (Å²) in [5.41, 5.74) is 3.94. The number of hydrogen-bond acceptors (Lipinski definition) is 1. The third kappa shape index (κ3) is 1.83. The lowest BCUT2D eigenvalue weighted by atomic mass is 9.93. The number of rotatable bonds is 1. The van der Waals surface area contributed by atoms with Crippen LogP contribution in [0.3, 0.4) is 0 Å². The summed E-state index contributed by atoms with van der Waals surface area (Å²) in [6.45, 7) is 4.25. The van der Waals surface area contributed by atoms with Gasteiger partial charge in [-0.1, -0.05) is 35.7 Å². The molecule has 1 aromatic carbocycles. The van der Waals surface area contributed by atoms with Crippen LogP contribution >= 0.6 is 0 Å². The van der Waals surface area contributed by atoms with Gasteiger partial charge in [0.25, 0.3) is 0 Å². The van der Waals surface area contributed by atoms with Crippen molar-refractivity contribution in [3.63, 3.8) is 0 Å². The molecule has 0 unspecified atom stereocenters. The molecule has 76 valence electrons. The van der Waals surface area contributed by atoms with Gasteiger partial charge >= 0.3 is 0 Å². The normalized spacial score (nSPS) is 26.8. The lowest BCUT2D eigenvalue weighted by molar-refractivity contribution is 0.164. The van der Waals surface area contributed by atoms with E-state index >= 15 is 0 Å². The van der Waals surface area contributed by atoms with E-state index in [0.717, 1.165) is 12.8 Å². The lowest BCUT2D eigenvalue weighted by Gasteiger charge is -2.16. The molecule has 1 heteroatoms.